The minimum absolute atomic E-state index is 0.186. The van der Waals surface area contributed by atoms with Gasteiger partial charge in [0.15, 0.2) is 0 Å². The van der Waals surface area contributed by atoms with Crippen LogP contribution in [0.2, 0.25) is 0 Å². The number of carboxylic acid groups (broad SMARTS) is 1. The molecule has 0 aromatic heterocycles. The average Bonchev–Trinajstić information content (AvgIpc) is 2.53. The number of nitro benzene ring substituents is 1. The fourth-order valence-electron chi connectivity index (χ4n) is 1.99. The number of rotatable bonds is 4. The Labute approximate surface area is 125 Å². The Kier molecular flexibility index (Phi) is 4.17. The van der Waals surface area contributed by atoms with Gasteiger partial charge in [-0.15, -0.1) is 0 Å². The Hall–Kier alpha value is -3.22. The van der Waals surface area contributed by atoms with Crippen molar-refractivity contribution in [3.05, 3.63) is 63.7 Å². The monoisotopic (exact) mass is 300 g/mol. The molecule has 0 saturated heterocycles. The molecule has 22 heavy (non-hydrogen) atoms. The van der Waals surface area contributed by atoms with Crippen molar-refractivity contribution >= 4 is 17.6 Å². The van der Waals surface area contributed by atoms with Gasteiger partial charge in [0.05, 0.1) is 10.5 Å². The number of carbonyl (C=O) groups excluding carboxylic acids is 1. The summed E-state index contributed by atoms with van der Waals surface area (Å²) >= 11 is 0. The number of carbonyl (C=O) groups is 2. The average molecular weight is 300 g/mol. The molecule has 0 aliphatic carbocycles. The van der Waals surface area contributed by atoms with E-state index < -0.39 is 10.9 Å². The van der Waals surface area contributed by atoms with Gasteiger partial charge in [-0.1, -0.05) is 12.1 Å². The van der Waals surface area contributed by atoms with Gasteiger partial charge in [-0.2, -0.15) is 0 Å². The van der Waals surface area contributed by atoms with Crippen molar-refractivity contribution in [3.8, 4) is 11.1 Å². The summed E-state index contributed by atoms with van der Waals surface area (Å²) in [4.78, 5) is 33.0. The van der Waals surface area contributed by atoms with Gasteiger partial charge in [-0.05, 0) is 29.3 Å². The van der Waals surface area contributed by atoms with Crippen LogP contribution in [0.4, 0.5) is 5.69 Å². The van der Waals surface area contributed by atoms with Crippen LogP contribution in [-0.4, -0.2) is 29.0 Å². The highest BCUT2D eigenvalue weighted by atomic mass is 16.6. The Balaban J connectivity index is 2.59. The van der Waals surface area contributed by atoms with E-state index in [1.807, 2.05) is 0 Å². The largest absolute Gasteiger partial charge is 0.478 e. The predicted molar refractivity (Wildman–Crippen MR) is 78.9 cm³/mol. The fourth-order valence-corrected chi connectivity index (χ4v) is 1.99. The zero-order chi connectivity index (χ0) is 16.3. The lowest BCUT2D eigenvalue weighted by Crippen LogP contribution is -2.17. The van der Waals surface area contributed by atoms with E-state index in [1.54, 1.807) is 24.3 Å². The number of amides is 1. The summed E-state index contributed by atoms with van der Waals surface area (Å²) in [7, 11) is 1.49. The molecule has 0 atom stereocenters. The Morgan fingerprint density at radius 2 is 1.77 bits per heavy atom. The molecule has 0 radical (unpaired) electrons. The first-order chi connectivity index (χ1) is 10.4. The van der Waals surface area contributed by atoms with Crippen molar-refractivity contribution in [2.75, 3.05) is 7.05 Å². The molecule has 0 saturated carbocycles. The zero-order valence-corrected chi connectivity index (χ0v) is 11.6. The molecule has 7 heteroatoms. The third-order valence-corrected chi connectivity index (χ3v) is 3.06. The number of nitro groups is 1. The molecular formula is C15H12N2O5. The van der Waals surface area contributed by atoms with Crippen molar-refractivity contribution in [3.63, 3.8) is 0 Å². The first-order valence-electron chi connectivity index (χ1n) is 6.27. The van der Waals surface area contributed by atoms with E-state index in [1.165, 1.54) is 19.2 Å². The molecule has 2 aromatic rings. The van der Waals surface area contributed by atoms with Crippen molar-refractivity contribution in [2.24, 2.45) is 0 Å². The Bertz CT molecular complexity index is 738. The van der Waals surface area contributed by atoms with Crippen LogP contribution < -0.4 is 5.32 Å². The summed E-state index contributed by atoms with van der Waals surface area (Å²) in [5, 5.41) is 22.5. The third kappa shape index (κ3) is 3.09. The number of nitrogens with one attached hydrogen (secondary N) is 1. The molecule has 112 valence electrons. The summed E-state index contributed by atoms with van der Waals surface area (Å²) in [5.74, 6) is -1.56. The number of aromatic carboxylic acids is 1. The van der Waals surface area contributed by atoms with Crippen LogP contribution in [0.25, 0.3) is 11.1 Å². The number of nitrogens with zero attached hydrogens (tertiary/aromatic N) is 1. The summed E-state index contributed by atoms with van der Waals surface area (Å²) in [6.07, 6.45) is 0. The topological polar surface area (TPSA) is 110 Å². The lowest BCUT2D eigenvalue weighted by molar-refractivity contribution is -0.384. The van der Waals surface area contributed by atoms with Gasteiger partial charge in [0, 0.05) is 24.7 Å². The van der Waals surface area contributed by atoms with Crippen molar-refractivity contribution in [1.82, 2.24) is 5.32 Å². The summed E-state index contributed by atoms with van der Waals surface area (Å²) in [6, 6.07) is 10.0. The lowest BCUT2D eigenvalue weighted by atomic mass is 10.00. The molecule has 0 bridgehead atoms. The van der Waals surface area contributed by atoms with Gasteiger partial charge >= 0.3 is 5.97 Å². The van der Waals surface area contributed by atoms with E-state index in [0.717, 1.165) is 6.07 Å². The normalized spacial score (nSPS) is 10.0. The standard InChI is InChI=1S/C15H12N2O5/c1-16-14(18)10-4-2-3-9(5-10)11-6-12(15(19)20)8-13(7-11)17(21)22/h2-8H,1H3,(H,16,18)(H,19,20). The first-order valence-corrected chi connectivity index (χ1v) is 6.27. The molecular weight excluding hydrogens is 288 g/mol. The summed E-state index contributed by atoms with van der Waals surface area (Å²) < 4.78 is 0. The molecule has 2 rings (SSSR count). The number of benzene rings is 2. The third-order valence-electron chi connectivity index (χ3n) is 3.06. The fraction of sp³-hybridized carbons (Fsp3) is 0.0667. The van der Waals surface area contributed by atoms with Crippen LogP contribution >= 0.6 is 0 Å². The van der Waals surface area contributed by atoms with Gasteiger partial charge in [0.1, 0.15) is 0 Å². The van der Waals surface area contributed by atoms with Gasteiger partial charge in [0.2, 0.25) is 0 Å². The minimum atomic E-state index is -1.26. The highest BCUT2D eigenvalue weighted by Gasteiger charge is 2.15. The SMILES string of the molecule is CNC(=O)c1cccc(-c2cc(C(=O)O)cc([N+](=O)[O-])c2)c1. The zero-order valence-electron chi connectivity index (χ0n) is 11.6. The van der Waals surface area contributed by atoms with Crippen LogP contribution in [0.3, 0.4) is 0 Å². The molecule has 7 nitrogen and oxygen atoms in total. The molecule has 0 spiro atoms. The molecule has 2 aromatic carbocycles. The van der Waals surface area contributed by atoms with Gasteiger partial charge in [-0.25, -0.2) is 4.79 Å². The maximum Gasteiger partial charge on any atom is 0.335 e. The van der Waals surface area contributed by atoms with Crippen molar-refractivity contribution in [1.29, 1.82) is 0 Å². The van der Waals surface area contributed by atoms with Crippen molar-refractivity contribution < 1.29 is 19.6 Å². The number of carboxylic acids is 1. The van der Waals surface area contributed by atoms with E-state index in [4.69, 9.17) is 5.11 Å². The summed E-state index contributed by atoms with van der Waals surface area (Å²) in [6.45, 7) is 0. The smallest absolute Gasteiger partial charge is 0.335 e. The second kappa shape index (κ2) is 6.04. The van der Waals surface area contributed by atoms with Crippen LogP contribution in [-0.2, 0) is 0 Å². The Morgan fingerprint density at radius 1 is 1.09 bits per heavy atom. The maximum absolute atomic E-state index is 11.6. The van der Waals surface area contributed by atoms with Gasteiger partial charge in [-0.3, -0.25) is 14.9 Å². The van der Waals surface area contributed by atoms with Crippen LogP contribution in [0.1, 0.15) is 20.7 Å². The van der Waals surface area contributed by atoms with E-state index in [2.05, 4.69) is 5.32 Å². The van der Waals surface area contributed by atoms with Crippen LogP contribution in [0.15, 0.2) is 42.5 Å². The van der Waals surface area contributed by atoms with Gasteiger partial charge in [0.25, 0.3) is 11.6 Å². The van der Waals surface area contributed by atoms with E-state index in [-0.39, 0.29) is 17.2 Å². The number of hydrogen-bond donors (Lipinski definition) is 2. The maximum atomic E-state index is 11.6. The Morgan fingerprint density at radius 3 is 2.36 bits per heavy atom. The highest BCUT2D eigenvalue weighted by Crippen LogP contribution is 2.27. The second-order valence-electron chi connectivity index (χ2n) is 4.49. The first kappa shape index (κ1) is 15.2. The molecule has 0 fully saturated rings. The van der Waals surface area contributed by atoms with E-state index in [9.17, 15) is 19.7 Å². The molecule has 1 amide bonds. The predicted octanol–water partition coefficient (Wildman–Crippen LogP) is 2.32. The highest BCUT2D eigenvalue weighted by molar-refractivity contribution is 5.96. The van der Waals surface area contributed by atoms with Crippen LogP contribution in [0.5, 0.6) is 0 Å². The van der Waals surface area contributed by atoms with Crippen molar-refractivity contribution in [2.45, 2.75) is 0 Å². The van der Waals surface area contributed by atoms with E-state index in [0.29, 0.717) is 16.7 Å². The van der Waals surface area contributed by atoms with Crippen LogP contribution in [0, 0.1) is 10.1 Å². The lowest BCUT2D eigenvalue weighted by Gasteiger charge is -2.06. The molecule has 0 aliphatic rings. The molecule has 0 unspecified atom stereocenters. The quantitative estimate of drug-likeness (QED) is 0.665. The molecule has 0 heterocycles. The number of non-ortho nitro benzene ring substituents is 1. The summed E-state index contributed by atoms with van der Waals surface area (Å²) in [5.41, 5.74) is 0.753. The second-order valence-corrected chi connectivity index (χ2v) is 4.49. The minimum Gasteiger partial charge on any atom is -0.478 e. The number of hydrogen-bond acceptors (Lipinski definition) is 4. The van der Waals surface area contributed by atoms with Gasteiger partial charge < -0.3 is 10.4 Å². The molecule has 2 N–H and O–H groups in total. The molecule has 0 aliphatic heterocycles. The van der Waals surface area contributed by atoms with E-state index >= 15 is 0 Å².